The number of nitrogens with one attached hydrogen (secondary N) is 1. The minimum Gasteiger partial charge on any atom is -0.281 e. The number of halogens is 2. The van der Waals surface area contributed by atoms with Gasteiger partial charge in [0.15, 0.2) is 0 Å². The van der Waals surface area contributed by atoms with Crippen molar-refractivity contribution in [3.63, 3.8) is 0 Å². The van der Waals surface area contributed by atoms with E-state index < -0.39 is 10.0 Å². The third kappa shape index (κ3) is 3.23. The summed E-state index contributed by atoms with van der Waals surface area (Å²) in [7, 11) is -2.10. The van der Waals surface area contributed by atoms with Crippen LogP contribution in [0.3, 0.4) is 0 Å². The summed E-state index contributed by atoms with van der Waals surface area (Å²) in [6.45, 7) is 3.53. The minimum absolute atomic E-state index is 0.198. The van der Waals surface area contributed by atoms with E-state index in [2.05, 4.69) is 10.2 Å². The molecule has 1 aromatic heterocycles. The van der Waals surface area contributed by atoms with E-state index in [1.165, 1.54) is 11.4 Å². The fourth-order valence-electron chi connectivity index (χ4n) is 2.06. The lowest BCUT2D eigenvalue weighted by molar-refractivity contribution is 0.466. The molecule has 0 saturated carbocycles. The number of sulfonamides is 1. The van der Waals surface area contributed by atoms with Gasteiger partial charge >= 0.3 is 0 Å². The fraction of sp³-hybridized carbons (Fsp3) is 0.308. The number of rotatable bonds is 4. The van der Waals surface area contributed by atoms with Crippen LogP contribution in [0.25, 0.3) is 0 Å². The molecular formula is C13H15Cl2N3O2S. The normalized spacial score (nSPS) is 12.1. The van der Waals surface area contributed by atoms with Gasteiger partial charge in [-0.25, -0.2) is 8.42 Å². The van der Waals surface area contributed by atoms with Crippen LogP contribution in [-0.2, 0) is 16.6 Å². The van der Waals surface area contributed by atoms with Crippen LogP contribution < -0.4 is 0 Å². The maximum atomic E-state index is 12.6. The summed E-state index contributed by atoms with van der Waals surface area (Å²) >= 11 is 11.8. The van der Waals surface area contributed by atoms with Crippen LogP contribution in [-0.4, -0.2) is 30.0 Å². The number of aromatic nitrogens is 2. The summed E-state index contributed by atoms with van der Waals surface area (Å²) < 4.78 is 26.5. The summed E-state index contributed by atoms with van der Waals surface area (Å²) in [6, 6.07) is 5.05. The average molecular weight is 348 g/mol. The van der Waals surface area contributed by atoms with Crippen LogP contribution in [0, 0.1) is 13.8 Å². The van der Waals surface area contributed by atoms with Gasteiger partial charge in [0.25, 0.3) is 0 Å². The molecule has 1 heterocycles. The molecule has 0 saturated heterocycles. The molecule has 0 bridgehead atoms. The van der Waals surface area contributed by atoms with Crippen LogP contribution in [0.2, 0.25) is 10.0 Å². The molecule has 0 aliphatic heterocycles. The topological polar surface area (TPSA) is 66.1 Å². The Morgan fingerprint density at radius 3 is 2.43 bits per heavy atom. The summed E-state index contributed by atoms with van der Waals surface area (Å²) in [5.41, 5.74) is 1.73. The quantitative estimate of drug-likeness (QED) is 0.923. The van der Waals surface area contributed by atoms with Crippen molar-refractivity contribution in [1.82, 2.24) is 14.5 Å². The van der Waals surface area contributed by atoms with Gasteiger partial charge in [0.1, 0.15) is 4.90 Å². The van der Waals surface area contributed by atoms with Crippen molar-refractivity contribution in [1.29, 1.82) is 0 Å². The Bertz CT molecular complexity index is 752. The number of nitrogens with zero attached hydrogens (tertiary/aromatic N) is 2. The Hall–Kier alpha value is -1.08. The maximum absolute atomic E-state index is 12.6. The molecular weight excluding hydrogens is 333 g/mol. The van der Waals surface area contributed by atoms with Crippen molar-refractivity contribution in [3.8, 4) is 0 Å². The highest BCUT2D eigenvalue weighted by molar-refractivity contribution is 7.89. The second-order valence-corrected chi connectivity index (χ2v) is 7.57. The van der Waals surface area contributed by atoms with Gasteiger partial charge < -0.3 is 0 Å². The highest BCUT2D eigenvalue weighted by Gasteiger charge is 2.27. The van der Waals surface area contributed by atoms with Gasteiger partial charge in [0, 0.05) is 13.6 Å². The molecule has 0 spiro atoms. The molecule has 21 heavy (non-hydrogen) atoms. The predicted molar refractivity (Wildman–Crippen MR) is 83.2 cm³/mol. The molecule has 0 atom stereocenters. The Morgan fingerprint density at radius 1 is 1.24 bits per heavy atom. The van der Waals surface area contributed by atoms with Crippen LogP contribution in [0.4, 0.5) is 0 Å². The molecule has 0 unspecified atom stereocenters. The molecule has 2 aromatic rings. The zero-order valence-electron chi connectivity index (χ0n) is 11.8. The lowest BCUT2D eigenvalue weighted by Crippen LogP contribution is -2.27. The van der Waals surface area contributed by atoms with Crippen molar-refractivity contribution >= 4 is 33.2 Å². The molecule has 0 amide bonds. The van der Waals surface area contributed by atoms with Gasteiger partial charge in [-0.3, -0.25) is 5.10 Å². The molecule has 1 N–H and O–H groups in total. The van der Waals surface area contributed by atoms with Gasteiger partial charge in [0.2, 0.25) is 10.0 Å². The predicted octanol–water partition coefficient (Wildman–Crippen LogP) is 3.15. The summed E-state index contributed by atoms with van der Waals surface area (Å²) in [6.07, 6.45) is 0. The van der Waals surface area contributed by atoms with E-state index in [0.717, 1.165) is 5.56 Å². The SMILES string of the molecule is Cc1n[nH]c(C)c1S(=O)(=O)N(C)Cc1ccc(Cl)c(Cl)c1. The van der Waals surface area contributed by atoms with Crippen LogP contribution in [0.1, 0.15) is 17.0 Å². The molecule has 1 aromatic carbocycles. The molecule has 0 aliphatic rings. The van der Waals surface area contributed by atoms with Gasteiger partial charge in [-0.15, -0.1) is 0 Å². The third-order valence-corrected chi connectivity index (χ3v) is 5.92. The second kappa shape index (κ2) is 5.96. The first-order valence-corrected chi connectivity index (χ1v) is 8.35. The van der Waals surface area contributed by atoms with Crippen molar-refractivity contribution in [2.75, 3.05) is 7.05 Å². The van der Waals surface area contributed by atoms with E-state index in [1.807, 2.05) is 0 Å². The standard InChI is InChI=1S/C13H15Cl2N3O2S/c1-8-13(9(2)17-16-8)21(19,20)18(3)7-10-4-5-11(14)12(15)6-10/h4-6H,7H2,1-3H3,(H,16,17). The summed E-state index contributed by atoms with van der Waals surface area (Å²) in [5, 5.41) is 7.45. The molecule has 8 heteroatoms. The molecule has 0 aliphatic carbocycles. The van der Waals surface area contributed by atoms with Crippen molar-refractivity contribution in [2.24, 2.45) is 0 Å². The first kappa shape index (κ1) is 16.3. The van der Waals surface area contributed by atoms with E-state index >= 15 is 0 Å². The van der Waals surface area contributed by atoms with Gasteiger partial charge in [-0.05, 0) is 31.5 Å². The molecule has 5 nitrogen and oxygen atoms in total. The molecule has 2 rings (SSSR count). The second-order valence-electron chi connectivity index (χ2n) is 4.77. The Kier molecular flexibility index (Phi) is 4.63. The summed E-state index contributed by atoms with van der Waals surface area (Å²) in [4.78, 5) is 0.213. The zero-order valence-corrected chi connectivity index (χ0v) is 14.1. The van der Waals surface area contributed by atoms with E-state index in [4.69, 9.17) is 23.2 Å². The Morgan fingerprint density at radius 2 is 1.90 bits per heavy atom. The highest BCUT2D eigenvalue weighted by atomic mass is 35.5. The highest BCUT2D eigenvalue weighted by Crippen LogP contribution is 2.25. The summed E-state index contributed by atoms with van der Waals surface area (Å²) in [5.74, 6) is 0. The van der Waals surface area contributed by atoms with E-state index in [0.29, 0.717) is 21.4 Å². The Balaban J connectivity index is 2.31. The number of aryl methyl sites for hydroxylation is 2. The average Bonchev–Trinajstić information content (AvgIpc) is 2.74. The molecule has 0 fully saturated rings. The largest absolute Gasteiger partial charge is 0.281 e. The van der Waals surface area contributed by atoms with E-state index in [1.54, 1.807) is 32.0 Å². The van der Waals surface area contributed by atoms with Crippen LogP contribution >= 0.6 is 23.2 Å². The van der Waals surface area contributed by atoms with Crippen LogP contribution in [0.5, 0.6) is 0 Å². The first-order chi connectivity index (χ1) is 9.73. The first-order valence-electron chi connectivity index (χ1n) is 6.15. The third-order valence-electron chi connectivity index (χ3n) is 3.12. The lowest BCUT2D eigenvalue weighted by atomic mass is 10.2. The van der Waals surface area contributed by atoms with Gasteiger partial charge in [0.05, 0.1) is 21.4 Å². The zero-order chi connectivity index (χ0) is 15.8. The smallest absolute Gasteiger partial charge is 0.246 e. The number of aromatic amines is 1. The number of hydrogen-bond acceptors (Lipinski definition) is 3. The van der Waals surface area contributed by atoms with Gasteiger partial charge in [-0.2, -0.15) is 9.40 Å². The Labute approximate surface area is 133 Å². The lowest BCUT2D eigenvalue weighted by Gasteiger charge is -2.17. The van der Waals surface area contributed by atoms with E-state index in [9.17, 15) is 8.42 Å². The monoisotopic (exact) mass is 347 g/mol. The maximum Gasteiger partial charge on any atom is 0.246 e. The number of H-pyrrole nitrogens is 1. The van der Waals surface area contributed by atoms with Gasteiger partial charge in [-0.1, -0.05) is 29.3 Å². The number of hydrogen-bond donors (Lipinski definition) is 1. The fourth-order valence-corrected chi connectivity index (χ4v) is 3.86. The van der Waals surface area contributed by atoms with Crippen LogP contribution in [0.15, 0.2) is 23.1 Å². The van der Waals surface area contributed by atoms with Crippen molar-refractivity contribution < 1.29 is 8.42 Å². The van der Waals surface area contributed by atoms with E-state index in [-0.39, 0.29) is 11.4 Å². The molecule has 114 valence electrons. The minimum atomic E-state index is -3.61. The van der Waals surface area contributed by atoms with Crippen molar-refractivity contribution in [2.45, 2.75) is 25.3 Å². The molecule has 0 radical (unpaired) electrons. The van der Waals surface area contributed by atoms with Crippen molar-refractivity contribution in [3.05, 3.63) is 45.2 Å². The number of benzene rings is 1.